The number of carbonyl (C=O) groups is 5. The number of hydrogen-bond donors (Lipinski definition) is 3. The van der Waals surface area contributed by atoms with Crippen molar-refractivity contribution in [2.45, 2.75) is 57.1 Å². The highest BCUT2D eigenvalue weighted by Gasteiger charge is 2.32. The first-order valence-corrected chi connectivity index (χ1v) is 13.9. The summed E-state index contributed by atoms with van der Waals surface area (Å²) in [6.45, 7) is 6.01. The molecule has 11 nitrogen and oxygen atoms in total. The van der Waals surface area contributed by atoms with Crippen molar-refractivity contribution in [3.8, 4) is 0 Å². The van der Waals surface area contributed by atoms with Crippen LogP contribution in [0.1, 0.15) is 54.4 Å². The average Bonchev–Trinajstić information content (AvgIpc) is 3.21. The molecule has 0 unspecified atom stereocenters. The number of carboxylic acid groups (broad SMARTS) is 1. The molecular formula is C26H31N3O8S2. The largest absolute Gasteiger partial charge is 0.481 e. The van der Waals surface area contributed by atoms with Gasteiger partial charge in [0, 0.05) is 28.4 Å². The van der Waals surface area contributed by atoms with Gasteiger partial charge in [0.05, 0.1) is 31.4 Å². The van der Waals surface area contributed by atoms with Crippen molar-refractivity contribution in [3.63, 3.8) is 0 Å². The number of esters is 1. The lowest BCUT2D eigenvalue weighted by molar-refractivity contribution is -0.138. The zero-order valence-corrected chi connectivity index (χ0v) is 23.8. The lowest BCUT2D eigenvalue weighted by Gasteiger charge is -2.30. The zero-order chi connectivity index (χ0) is 28.7. The molecule has 210 valence electrons. The highest BCUT2D eigenvalue weighted by atomic mass is 32.2. The molecule has 1 aliphatic heterocycles. The third-order valence-electron chi connectivity index (χ3n) is 5.40. The Morgan fingerprint density at radius 1 is 1.10 bits per heavy atom. The molecule has 2 aromatic rings. The summed E-state index contributed by atoms with van der Waals surface area (Å²) >= 11 is 2.46. The van der Waals surface area contributed by atoms with Crippen LogP contribution in [0.5, 0.6) is 0 Å². The Balaban J connectivity index is 1.65. The van der Waals surface area contributed by atoms with Crippen LogP contribution in [0.2, 0.25) is 0 Å². The van der Waals surface area contributed by atoms with Crippen LogP contribution in [0.15, 0.2) is 29.2 Å². The lowest BCUT2D eigenvalue weighted by atomic mass is 10.0. The molecular weight excluding hydrogens is 546 g/mol. The number of hydrogen-bond acceptors (Lipinski definition) is 9. The first-order chi connectivity index (χ1) is 18.4. The summed E-state index contributed by atoms with van der Waals surface area (Å²) in [5, 5.41) is 14.5. The third-order valence-corrected chi connectivity index (χ3v) is 7.53. The summed E-state index contributed by atoms with van der Waals surface area (Å²) in [7, 11) is 1.27. The second-order valence-corrected chi connectivity index (χ2v) is 11.8. The van der Waals surface area contributed by atoms with Gasteiger partial charge in [-0.3, -0.25) is 14.4 Å². The third kappa shape index (κ3) is 8.72. The van der Waals surface area contributed by atoms with Gasteiger partial charge in [-0.25, -0.2) is 9.59 Å². The van der Waals surface area contributed by atoms with Crippen LogP contribution in [0.4, 0.5) is 15.5 Å². The van der Waals surface area contributed by atoms with E-state index in [-0.39, 0.29) is 31.0 Å². The van der Waals surface area contributed by atoms with Gasteiger partial charge in [-0.1, -0.05) is 6.07 Å². The van der Waals surface area contributed by atoms with E-state index in [4.69, 9.17) is 14.6 Å². The van der Waals surface area contributed by atoms with Crippen molar-refractivity contribution < 1.29 is 38.6 Å². The second kappa shape index (κ2) is 13.0. The SMILES string of the molecule is COC(=O)c1c(NC(=O)CSc2cccc(NC(=O)CCC(=O)O)c2)sc2c1CCN(C(=O)OC(C)(C)C)C2. The minimum absolute atomic E-state index is 0.0314. The van der Waals surface area contributed by atoms with Gasteiger partial charge >= 0.3 is 18.0 Å². The van der Waals surface area contributed by atoms with Crippen molar-refractivity contribution in [3.05, 3.63) is 40.3 Å². The second-order valence-electron chi connectivity index (χ2n) is 9.66. The van der Waals surface area contributed by atoms with Crippen LogP contribution in [0.3, 0.4) is 0 Å². The number of aliphatic carboxylic acids is 1. The Morgan fingerprint density at radius 2 is 1.85 bits per heavy atom. The highest BCUT2D eigenvalue weighted by Crippen LogP contribution is 2.38. The standard InChI is InChI=1S/C26H31N3O8S2/c1-26(2,3)37-25(35)29-11-10-17-18(13-29)39-23(22(17)24(34)36-4)28-20(31)14-38-16-7-5-6-15(12-16)27-19(30)8-9-21(32)33/h5-7,12H,8-11,13-14H2,1-4H3,(H,27,30)(H,28,31)(H,32,33). The summed E-state index contributed by atoms with van der Waals surface area (Å²) in [5.41, 5.74) is 0.905. The highest BCUT2D eigenvalue weighted by molar-refractivity contribution is 8.00. The molecule has 1 aromatic heterocycles. The predicted octanol–water partition coefficient (Wildman–Crippen LogP) is 4.36. The summed E-state index contributed by atoms with van der Waals surface area (Å²) in [6, 6.07) is 6.85. The number of carboxylic acids is 1. The van der Waals surface area contributed by atoms with Gasteiger partial charge in [0.25, 0.3) is 0 Å². The van der Waals surface area contributed by atoms with Gasteiger partial charge < -0.3 is 30.1 Å². The Labute approximate surface area is 234 Å². The molecule has 2 heterocycles. The van der Waals surface area contributed by atoms with Crippen molar-refractivity contribution in [1.82, 2.24) is 4.90 Å². The molecule has 0 aliphatic carbocycles. The summed E-state index contributed by atoms with van der Waals surface area (Å²) < 4.78 is 10.4. The fourth-order valence-electron chi connectivity index (χ4n) is 3.71. The van der Waals surface area contributed by atoms with Crippen molar-refractivity contribution in [2.24, 2.45) is 0 Å². The first kappa shape index (κ1) is 30.0. The number of thioether (sulfide) groups is 1. The summed E-state index contributed by atoms with van der Waals surface area (Å²) in [5.74, 6) is -2.35. The molecule has 39 heavy (non-hydrogen) atoms. The molecule has 0 saturated carbocycles. The molecule has 3 N–H and O–H groups in total. The number of anilines is 2. The number of nitrogens with one attached hydrogen (secondary N) is 2. The number of fused-ring (bicyclic) bond motifs is 1. The maximum Gasteiger partial charge on any atom is 0.410 e. The zero-order valence-electron chi connectivity index (χ0n) is 22.1. The molecule has 0 saturated heterocycles. The van der Waals surface area contributed by atoms with E-state index in [1.807, 2.05) is 0 Å². The van der Waals surface area contributed by atoms with Crippen LogP contribution in [-0.4, -0.2) is 64.9 Å². The van der Waals surface area contributed by atoms with E-state index in [0.29, 0.717) is 34.1 Å². The first-order valence-electron chi connectivity index (χ1n) is 12.1. The van der Waals surface area contributed by atoms with Crippen LogP contribution in [0.25, 0.3) is 0 Å². The summed E-state index contributed by atoms with van der Waals surface area (Å²) in [6.07, 6.45) is -0.425. The maximum absolute atomic E-state index is 12.8. The number of rotatable bonds is 9. The van der Waals surface area contributed by atoms with Crippen LogP contribution in [-0.2, 0) is 36.8 Å². The Morgan fingerprint density at radius 3 is 2.51 bits per heavy atom. The van der Waals surface area contributed by atoms with Crippen LogP contribution >= 0.6 is 23.1 Å². The normalized spacial score (nSPS) is 12.8. The molecule has 0 radical (unpaired) electrons. The van der Waals surface area contributed by atoms with E-state index in [9.17, 15) is 24.0 Å². The number of benzene rings is 1. The molecule has 0 atom stereocenters. The van der Waals surface area contributed by atoms with Gasteiger partial charge in [-0.2, -0.15) is 0 Å². The van der Waals surface area contributed by atoms with E-state index in [1.54, 1.807) is 49.9 Å². The molecule has 0 bridgehead atoms. The molecule has 0 spiro atoms. The number of ether oxygens (including phenoxy) is 2. The van der Waals surface area contributed by atoms with Crippen molar-refractivity contribution in [1.29, 1.82) is 0 Å². The predicted molar refractivity (Wildman–Crippen MR) is 147 cm³/mol. The fourth-order valence-corrected chi connectivity index (χ4v) is 5.73. The molecule has 3 rings (SSSR count). The van der Waals surface area contributed by atoms with Crippen LogP contribution < -0.4 is 10.6 Å². The Hall–Kier alpha value is -3.58. The molecule has 1 aromatic carbocycles. The van der Waals surface area contributed by atoms with Crippen LogP contribution in [0, 0.1) is 0 Å². The lowest BCUT2D eigenvalue weighted by Crippen LogP contribution is -2.39. The number of thiophene rings is 1. The number of methoxy groups -OCH3 is 1. The van der Waals surface area contributed by atoms with Crippen molar-refractivity contribution >= 4 is 63.6 Å². The van der Waals surface area contributed by atoms with E-state index in [1.165, 1.54) is 30.2 Å². The minimum Gasteiger partial charge on any atom is -0.481 e. The van der Waals surface area contributed by atoms with E-state index in [2.05, 4.69) is 10.6 Å². The monoisotopic (exact) mass is 577 g/mol. The molecule has 13 heteroatoms. The molecule has 3 amide bonds. The average molecular weight is 578 g/mol. The van der Waals surface area contributed by atoms with E-state index < -0.39 is 29.5 Å². The van der Waals surface area contributed by atoms with Gasteiger partial charge in [-0.15, -0.1) is 23.1 Å². The van der Waals surface area contributed by atoms with Gasteiger partial charge in [0.1, 0.15) is 10.6 Å². The number of nitrogens with zero attached hydrogens (tertiary/aromatic N) is 1. The quantitative estimate of drug-likeness (QED) is 0.292. The summed E-state index contributed by atoms with van der Waals surface area (Å²) in [4.78, 5) is 63.6. The topological polar surface area (TPSA) is 151 Å². The smallest absolute Gasteiger partial charge is 0.410 e. The Kier molecular flexibility index (Phi) is 9.97. The number of amides is 3. The molecule has 0 fully saturated rings. The van der Waals surface area contributed by atoms with E-state index in [0.717, 1.165) is 10.4 Å². The van der Waals surface area contributed by atoms with Gasteiger partial charge in [0.2, 0.25) is 11.8 Å². The van der Waals surface area contributed by atoms with Crippen molar-refractivity contribution in [2.75, 3.05) is 30.0 Å². The van der Waals surface area contributed by atoms with Gasteiger partial charge in [0.15, 0.2) is 0 Å². The minimum atomic E-state index is -1.05. The number of carbonyl (C=O) groups excluding carboxylic acids is 4. The fraction of sp³-hybridized carbons (Fsp3) is 0.423. The molecule has 1 aliphatic rings. The Bertz CT molecular complexity index is 1270. The maximum atomic E-state index is 12.8. The van der Waals surface area contributed by atoms with E-state index >= 15 is 0 Å². The van der Waals surface area contributed by atoms with Gasteiger partial charge in [-0.05, 0) is 51.0 Å².